The summed E-state index contributed by atoms with van der Waals surface area (Å²) in [4.78, 5) is 1.97. The van der Waals surface area contributed by atoms with E-state index >= 15 is 0 Å². The highest BCUT2D eigenvalue weighted by Gasteiger charge is 2.29. The summed E-state index contributed by atoms with van der Waals surface area (Å²) < 4.78 is 5.44. The molecule has 0 fully saturated rings. The molecule has 1 aromatic rings. The van der Waals surface area contributed by atoms with Crippen molar-refractivity contribution in [3.8, 4) is 5.75 Å². The molecule has 1 aliphatic heterocycles. The highest BCUT2D eigenvalue weighted by Crippen LogP contribution is 2.37. The van der Waals surface area contributed by atoms with Crippen LogP contribution in [-0.4, -0.2) is 17.8 Å². The van der Waals surface area contributed by atoms with Gasteiger partial charge >= 0.3 is 0 Å². The van der Waals surface area contributed by atoms with Gasteiger partial charge in [-0.05, 0) is 57.6 Å². The monoisotopic (exact) mass is 310 g/mol. The summed E-state index contributed by atoms with van der Waals surface area (Å²) in [5, 5.41) is 4.66. The maximum Gasteiger partial charge on any atom is 0.178 e. The van der Waals surface area contributed by atoms with Crippen molar-refractivity contribution in [1.82, 2.24) is 5.32 Å². The van der Waals surface area contributed by atoms with Gasteiger partial charge in [-0.2, -0.15) is 0 Å². The van der Waals surface area contributed by atoms with Gasteiger partial charge in [-0.25, -0.2) is 0 Å². The summed E-state index contributed by atoms with van der Waals surface area (Å²) in [7, 11) is 1.63. The zero-order valence-electron chi connectivity index (χ0n) is 12.4. The molecule has 3 nitrogen and oxygen atoms in total. The van der Waals surface area contributed by atoms with Gasteiger partial charge in [0.1, 0.15) is 5.75 Å². The van der Waals surface area contributed by atoms with Crippen molar-refractivity contribution in [1.29, 1.82) is 0 Å². The van der Waals surface area contributed by atoms with Crippen LogP contribution in [0.3, 0.4) is 0 Å². The summed E-state index contributed by atoms with van der Waals surface area (Å²) in [5.74, 6) is 0.706. The summed E-state index contributed by atoms with van der Waals surface area (Å²) in [6.45, 7) is 8.18. The number of hydrogen-bond donors (Lipinski definition) is 1. The molecular weight excluding hydrogens is 292 g/mol. The Morgan fingerprint density at radius 3 is 2.50 bits per heavy atom. The fourth-order valence-electron chi connectivity index (χ4n) is 2.40. The fourth-order valence-corrected chi connectivity index (χ4v) is 3.06. The number of hydrogen-bond acceptors (Lipinski definition) is 2. The Morgan fingerprint density at radius 1 is 1.30 bits per heavy atom. The topological polar surface area (TPSA) is 24.5 Å². The molecule has 0 unspecified atom stereocenters. The number of thiocarbonyl (C=S) groups is 1. The first-order chi connectivity index (χ1) is 9.25. The van der Waals surface area contributed by atoms with Crippen LogP contribution in [0.25, 0.3) is 0 Å². The highest BCUT2D eigenvalue weighted by atomic mass is 35.5. The molecule has 5 heteroatoms. The fraction of sp³-hybridized carbons (Fsp3) is 0.400. The molecule has 0 aromatic heterocycles. The summed E-state index contributed by atoms with van der Waals surface area (Å²) in [6, 6.07) is 3.81. The van der Waals surface area contributed by atoms with E-state index < -0.39 is 0 Å². The third-order valence-electron chi connectivity index (χ3n) is 3.26. The molecular formula is C15H19ClN2OS. The average Bonchev–Trinajstić information content (AvgIpc) is 2.30. The van der Waals surface area contributed by atoms with Gasteiger partial charge in [0.05, 0.1) is 18.3 Å². The lowest BCUT2D eigenvalue weighted by Crippen LogP contribution is -2.53. The lowest BCUT2D eigenvalue weighted by molar-refractivity contribution is 0.415. The number of anilines is 1. The first-order valence-electron chi connectivity index (χ1n) is 6.41. The second kappa shape index (κ2) is 5.26. The van der Waals surface area contributed by atoms with E-state index in [1.54, 1.807) is 7.11 Å². The lowest BCUT2D eigenvalue weighted by Gasteiger charge is -2.38. The van der Waals surface area contributed by atoms with Gasteiger partial charge in [0.2, 0.25) is 0 Å². The Hall–Kier alpha value is -1.26. The molecule has 1 N–H and O–H groups in total. The molecule has 1 heterocycles. The number of nitrogens with zero attached hydrogens (tertiary/aromatic N) is 1. The van der Waals surface area contributed by atoms with Crippen molar-refractivity contribution in [2.24, 2.45) is 0 Å². The summed E-state index contributed by atoms with van der Waals surface area (Å²) in [5.41, 5.74) is 2.81. The van der Waals surface area contributed by atoms with Crippen LogP contribution in [0.1, 0.15) is 26.3 Å². The second-order valence-electron chi connectivity index (χ2n) is 5.55. The third kappa shape index (κ3) is 2.76. The Kier molecular flexibility index (Phi) is 3.98. The van der Waals surface area contributed by atoms with Gasteiger partial charge in [0.15, 0.2) is 5.11 Å². The number of aryl methyl sites for hydroxylation is 1. The first-order valence-corrected chi connectivity index (χ1v) is 7.19. The molecule has 2 rings (SSSR count). The summed E-state index contributed by atoms with van der Waals surface area (Å²) >= 11 is 11.7. The van der Waals surface area contributed by atoms with Gasteiger partial charge < -0.3 is 10.1 Å². The average molecular weight is 311 g/mol. The molecule has 1 aliphatic rings. The maximum atomic E-state index is 6.16. The molecule has 0 saturated carbocycles. The van der Waals surface area contributed by atoms with Crippen molar-refractivity contribution >= 4 is 34.6 Å². The minimum absolute atomic E-state index is 0.146. The Morgan fingerprint density at radius 2 is 1.95 bits per heavy atom. The van der Waals surface area contributed by atoms with Crippen molar-refractivity contribution in [3.63, 3.8) is 0 Å². The molecule has 0 radical (unpaired) electrons. The summed E-state index contributed by atoms with van der Waals surface area (Å²) in [6.07, 6.45) is 2.15. The van der Waals surface area contributed by atoms with Crippen LogP contribution in [0, 0.1) is 6.92 Å². The molecule has 0 saturated heterocycles. The second-order valence-corrected chi connectivity index (χ2v) is 6.34. The van der Waals surface area contributed by atoms with E-state index in [9.17, 15) is 0 Å². The Labute approximate surface area is 130 Å². The van der Waals surface area contributed by atoms with Crippen LogP contribution >= 0.6 is 23.8 Å². The lowest BCUT2D eigenvalue weighted by atomic mass is 10.0. The van der Waals surface area contributed by atoms with Crippen LogP contribution in [0.4, 0.5) is 5.69 Å². The Balaban J connectivity index is 2.56. The number of nitrogens with one attached hydrogen (secondary N) is 1. The molecule has 0 bridgehead atoms. The molecule has 0 aliphatic carbocycles. The normalized spacial score (nSPS) is 17.6. The van der Waals surface area contributed by atoms with Crippen LogP contribution < -0.4 is 15.0 Å². The SMILES string of the molecule is COc1cc(Cl)c(C)cc1N1C(=S)NC(C)(C)C=C1C. The smallest absolute Gasteiger partial charge is 0.178 e. The van der Waals surface area contributed by atoms with Crippen LogP contribution in [0.15, 0.2) is 23.9 Å². The maximum absolute atomic E-state index is 6.16. The van der Waals surface area contributed by atoms with Gasteiger partial charge in [0.25, 0.3) is 0 Å². The van der Waals surface area contributed by atoms with E-state index in [0.29, 0.717) is 15.9 Å². The number of allylic oxidation sites excluding steroid dienone is 1. The zero-order chi connectivity index (χ0) is 15.1. The van der Waals surface area contributed by atoms with Gasteiger partial charge in [-0.1, -0.05) is 11.6 Å². The quantitative estimate of drug-likeness (QED) is 0.833. The molecule has 0 atom stereocenters. The van der Waals surface area contributed by atoms with E-state index in [0.717, 1.165) is 16.9 Å². The molecule has 0 spiro atoms. The Bertz CT molecular complexity index is 596. The van der Waals surface area contributed by atoms with Crippen molar-refractivity contribution in [2.45, 2.75) is 33.2 Å². The number of ether oxygens (including phenoxy) is 1. The van der Waals surface area contributed by atoms with Crippen LogP contribution in [0.5, 0.6) is 5.75 Å². The van der Waals surface area contributed by atoms with Gasteiger partial charge in [0, 0.05) is 16.8 Å². The minimum Gasteiger partial charge on any atom is -0.495 e. The molecule has 1 aromatic carbocycles. The van der Waals surface area contributed by atoms with Crippen molar-refractivity contribution < 1.29 is 4.74 Å². The van der Waals surface area contributed by atoms with E-state index in [1.165, 1.54) is 0 Å². The minimum atomic E-state index is -0.146. The van der Waals surface area contributed by atoms with Crippen molar-refractivity contribution in [2.75, 3.05) is 12.0 Å². The van der Waals surface area contributed by atoms with Crippen molar-refractivity contribution in [3.05, 3.63) is 34.5 Å². The number of benzene rings is 1. The van der Waals surface area contributed by atoms with Crippen LogP contribution in [0.2, 0.25) is 5.02 Å². The van der Waals surface area contributed by atoms with E-state index in [1.807, 2.05) is 30.9 Å². The first kappa shape index (κ1) is 15.1. The van der Waals surface area contributed by atoms with E-state index in [4.69, 9.17) is 28.6 Å². The highest BCUT2D eigenvalue weighted by molar-refractivity contribution is 7.80. The van der Waals surface area contributed by atoms with Crippen LogP contribution in [-0.2, 0) is 0 Å². The predicted molar refractivity (Wildman–Crippen MR) is 88.8 cm³/mol. The van der Waals surface area contributed by atoms with E-state index in [2.05, 4.69) is 25.2 Å². The molecule has 0 amide bonds. The van der Waals surface area contributed by atoms with Gasteiger partial charge in [-0.15, -0.1) is 0 Å². The van der Waals surface area contributed by atoms with Gasteiger partial charge in [-0.3, -0.25) is 4.90 Å². The number of halogens is 1. The third-order valence-corrected chi connectivity index (χ3v) is 3.95. The standard InChI is InChI=1S/C15H19ClN2OS/c1-9-6-12(13(19-5)7-11(9)16)18-10(2)8-15(3,4)17-14(18)20/h6-8H,1-5H3,(H,17,20). The predicted octanol–water partition coefficient (Wildman–Crippen LogP) is 4.03. The number of rotatable bonds is 2. The molecule has 20 heavy (non-hydrogen) atoms. The largest absolute Gasteiger partial charge is 0.495 e. The van der Waals surface area contributed by atoms with E-state index in [-0.39, 0.29) is 5.54 Å². The zero-order valence-corrected chi connectivity index (χ0v) is 13.9. The molecule has 108 valence electrons. The number of methoxy groups -OCH3 is 1.